The van der Waals surface area contributed by atoms with Gasteiger partial charge in [-0.05, 0) is 36.2 Å². The second kappa shape index (κ2) is 5.26. The number of hydrogen-bond donors (Lipinski definition) is 1. The van der Waals surface area contributed by atoms with Crippen LogP contribution in [0.2, 0.25) is 10.0 Å². The van der Waals surface area contributed by atoms with Crippen molar-refractivity contribution in [3.63, 3.8) is 0 Å². The minimum Gasteiger partial charge on any atom is -0.477 e. The third-order valence-electron chi connectivity index (χ3n) is 3.42. The minimum absolute atomic E-state index is 0.0448. The number of pyridine rings is 1. The average molecular weight is 336 g/mol. The maximum atomic E-state index is 11.3. The second-order valence-corrected chi connectivity index (χ2v) is 5.71. The van der Waals surface area contributed by atoms with Gasteiger partial charge in [-0.2, -0.15) is 5.10 Å². The van der Waals surface area contributed by atoms with E-state index in [2.05, 4.69) is 10.1 Å². The van der Waals surface area contributed by atoms with E-state index >= 15 is 0 Å². The fourth-order valence-electron chi connectivity index (χ4n) is 2.45. The van der Waals surface area contributed by atoms with Crippen molar-refractivity contribution < 1.29 is 9.90 Å². The first-order valence-electron chi connectivity index (χ1n) is 6.41. The molecule has 3 aromatic rings. The van der Waals surface area contributed by atoms with E-state index in [1.165, 1.54) is 6.07 Å². The van der Waals surface area contributed by atoms with Crippen molar-refractivity contribution in [1.29, 1.82) is 0 Å². The number of halogens is 2. The summed E-state index contributed by atoms with van der Waals surface area (Å²) in [5.74, 6) is -1.10. The van der Waals surface area contributed by atoms with Gasteiger partial charge in [0.1, 0.15) is 0 Å². The highest BCUT2D eigenvalue weighted by molar-refractivity contribution is 6.42. The molecule has 2 aromatic heterocycles. The molecule has 0 aliphatic rings. The average Bonchev–Trinajstić information content (AvgIpc) is 2.76. The largest absolute Gasteiger partial charge is 0.477 e. The van der Waals surface area contributed by atoms with Gasteiger partial charge in [-0.15, -0.1) is 0 Å². The highest BCUT2D eigenvalue weighted by atomic mass is 35.5. The number of carbonyl (C=O) groups is 1. The van der Waals surface area contributed by atoms with Crippen molar-refractivity contribution in [2.75, 3.05) is 0 Å². The summed E-state index contributed by atoms with van der Waals surface area (Å²) in [5.41, 5.74) is 2.71. The molecule has 0 bridgehead atoms. The lowest BCUT2D eigenvalue weighted by Crippen LogP contribution is -2.03. The molecule has 0 radical (unpaired) electrons. The third-order valence-corrected chi connectivity index (χ3v) is 4.16. The molecule has 0 unspecified atom stereocenters. The molecule has 112 valence electrons. The number of fused-ring (bicyclic) bond motifs is 1. The van der Waals surface area contributed by atoms with Crippen molar-refractivity contribution >= 4 is 40.2 Å². The summed E-state index contributed by atoms with van der Waals surface area (Å²) in [5, 5.41) is 15.2. The van der Waals surface area contributed by atoms with Crippen LogP contribution in [0.3, 0.4) is 0 Å². The Morgan fingerprint density at radius 3 is 2.59 bits per heavy atom. The molecule has 0 fully saturated rings. The van der Waals surface area contributed by atoms with Gasteiger partial charge in [0.25, 0.3) is 0 Å². The predicted molar refractivity (Wildman–Crippen MR) is 85.7 cm³/mol. The van der Waals surface area contributed by atoms with Crippen LogP contribution in [0.4, 0.5) is 0 Å². The number of hydrogen-bond acceptors (Lipinski definition) is 3. The number of nitrogens with zero attached hydrogens (tertiary/aromatic N) is 3. The lowest BCUT2D eigenvalue weighted by Gasteiger charge is -2.07. The molecule has 7 heteroatoms. The van der Waals surface area contributed by atoms with Gasteiger partial charge in [-0.1, -0.05) is 29.3 Å². The zero-order valence-corrected chi connectivity index (χ0v) is 13.3. The monoisotopic (exact) mass is 335 g/mol. The van der Waals surface area contributed by atoms with Crippen molar-refractivity contribution in [3.8, 4) is 11.1 Å². The standard InChI is InChI=1S/C15H11Cl2N3O2/c1-7-13-9(8-3-4-10(16)11(17)5-8)6-12(15(21)22)18-14(13)20(2)19-7/h3-6H,1-2H3,(H,21,22). The zero-order valence-electron chi connectivity index (χ0n) is 11.8. The summed E-state index contributed by atoms with van der Waals surface area (Å²) >= 11 is 12.0. The number of rotatable bonds is 2. The molecule has 22 heavy (non-hydrogen) atoms. The van der Waals surface area contributed by atoms with Crippen molar-refractivity contribution in [2.45, 2.75) is 6.92 Å². The van der Waals surface area contributed by atoms with Gasteiger partial charge in [-0.25, -0.2) is 9.78 Å². The Balaban J connectivity index is 2.40. The van der Waals surface area contributed by atoms with E-state index in [4.69, 9.17) is 23.2 Å². The van der Waals surface area contributed by atoms with Crippen LogP contribution in [-0.4, -0.2) is 25.8 Å². The summed E-state index contributed by atoms with van der Waals surface area (Å²) in [6.07, 6.45) is 0. The summed E-state index contributed by atoms with van der Waals surface area (Å²) in [4.78, 5) is 15.5. The lowest BCUT2D eigenvalue weighted by molar-refractivity contribution is 0.0691. The Kier molecular flexibility index (Phi) is 3.54. The van der Waals surface area contributed by atoms with Crippen LogP contribution in [0.15, 0.2) is 24.3 Å². The molecule has 0 atom stereocenters. The second-order valence-electron chi connectivity index (χ2n) is 4.90. The highest BCUT2D eigenvalue weighted by Gasteiger charge is 2.18. The summed E-state index contributed by atoms with van der Waals surface area (Å²) in [7, 11) is 1.73. The molecule has 0 spiro atoms. The highest BCUT2D eigenvalue weighted by Crippen LogP contribution is 2.34. The SMILES string of the molecule is Cc1nn(C)c2nc(C(=O)O)cc(-c3ccc(Cl)c(Cl)c3)c12. The summed E-state index contributed by atoms with van der Waals surface area (Å²) < 4.78 is 1.57. The van der Waals surface area contributed by atoms with E-state index in [0.717, 1.165) is 16.6 Å². The zero-order chi connectivity index (χ0) is 16.0. The normalized spacial score (nSPS) is 11.1. The van der Waals surface area contributed by atoms with Crippen molar-refractivity contribution in [3.05, 3.63) is 45.7 Å². The van der Waals surface area contributed by atoms with Gasteiger partial charge < -0.3 is 5.11 Å². The first-order chi connectivity index (χ1) is 10.4. The van der Waals surface area contributed by atoms with Crippen LogP contribution in [0.25, 0.3) is 22.2 Å². The van der Waals surface area contributed by atoms with Crippen molar-refractivity contribution in [1.82, 2.24) is 14.8 Å². The summed E-state index contributed by atoms with van der Waals surface area (Å²) in [6, 6.07) is 6.70. The van der Waals surface area contributed by atoms with Crippen LogP contribution >= 0.6 is 23.2 Å². The van der Waals surface area contributed by atoms with Gasteiger partial charge in [0.2, 0.25) is 0 Å². The Bertz CT molecular complexity index is 919. The van der Waals surface area contributed by atoms with E-state index < -0.39 is 5.97 Å². The Morgan fingerprint density at radius 1 is 1.23 bits per heavy atom. The van der Waals surface area contributed by atoms with Gasteiger partial charge >= 0.3 is 5.97 Å². The molecule has 5 nitrogen and oxygen atoms in total. The van der Waals surface area contributed by atoms with Gasteiger partial charge in [-0.3, -0.25) is 4.68 Å². The number of carboxylic acid groups (broad SMARTS) is 1. The van der Waals surface area contributed by atoms with Crippen LogP contribution in [-0.2, 0) is 7.05 Å². The fraction of sp³-hybridized carbons (Fsp3) is 0.133. The number of aromatic nitrogens is 3. The van der Waals surface area contributed by atoms with Crippen molar-refractivity contribution in [2.24, 2.45) is 7.05 Å². The quantitative estimate of drug-likeness (QED) is 0.769. The number of benzene rings is 1. The van der Waals surface area contributed by atoms with E-state index in [0.29, 0.717) is 21.3 Å². The predicted octanol–water partition coefficient (Wildman–Crippen LogP) is 3.95. The molecule has 2 heterocycles. The number of aromatic carboxylic acids is 1. The Labute approximate surface area is 136 Å². The van der Waals surface area contributed by atoms with Gasteiger partial charge in [0, 0.05) is 12.4 Å². The molecule has 0 amide bonds. The van der Waals surface area contributed by atoms with E-state index in [1.54, 1.807) is 29.9 Å². The third kappa shape index (κ3) is 2.32. The maximum absolute atomic E-state index is 11.3. The lowest BCUT2D eigenvalue weighted by atomic mass is 10.0. The number of carboxylic acids is 1. The van der Waals surface area contributed by atoms with Crippen LogP contribution in [0, 0.1) is 6.92 Å². The molecule has 1 aromatic carbocycles. The molecule has 3 rings (SSSR count). The Morgan fingerprint density at radius 2 is 1.95 bits per heavy atom. The fourth-order valence-corrected chi connectivity index (χ4v) is 2.74. The Hall–Kier alpha value is -2.11. The molecular weight excluding hydrogens is 325 g/mol. The summed E-state index contributed by atoms with van der Waals surface area (Å²) in [6.45, 7) is 1.85. The first kappa shape index (κ1) is 14.8. The molecule has 1 N–H and O–H groups in total. The van der Waals surface area contributed by atoms with Gasteiger partial charge in [0.15, 0.2) is 11.3 Å². The smallest absolute Gasteiger partial charge is 0.354 e. The maximum Gasteiger partial charge on any atom is 0.354 e. The van der Waals surface area contributed by atoms with E-state index in [1.807, 2.05) is 6.92 Å². The number of aryl methyl sites for hydroxylation is 2. The van der Waals surface area contributed by atoms with Crippen LogP contribution in [0.1, 0.15) is 16.2 Å². The topological polar surface area (TPSA) is 68.0 Å². The molecule has 0 saturated heterocycles. The molecular formula is C15H11Cl2N3O2. The van der Waals surface area contributed by atoms with E-state index in [9.17, 15) is 9.90 Å². The minimum atomic E-state index is -1.10. The van der Waals surface area contributed by atoms with E-state index in [-0.39, 0.29) is 5.69 Å². The van der Waals surface area contributed by atoms with Gasteiger partial charge in [0.05, 0.1) is 15.7 Å². The molecule has 0 aliphatic heterocycles. The molecule has 0 aliphatic carbocycles. The molecule has 0 saturated carbocycles. The van der Waals surface area contributed by atoms with Crippen LogP contribution in [0.5, 0.6) is 0 Å². The van der Waals surface area contributed by atoms with Crippen LogP contribution < -0.4 is 0 Å². The first-order valence-corrected chi connectivity index (χ1v) is 7.17.